The summed E-state index contributed by atoms with van der Waals surface area (Å²) in [7, 11) is -0.774. The van der Waals surface area contributed by atoms with Crippen LogP contribution in [0.15, 0.2) is 23.1 Å². The van der Waals surface area contributed by atoms with Crippen molar-refractivity contribution < 1.29 is 22.7 Å². The van der Waals surface area contributed by atoms with E-state index in [-0.39, 0.29) is 22.5 Å². The Bertz CT molecular complexity index is 666. The van der Waals surface area contributed by atoms with Gasteiger partial charge in [-0.1, -0.05) is 0 Å². The third-order valence-electron chi connectivity index (χ3n) is 3.57. The Morgan fingerprint density at radius 1 is 1.43 bits per heavy atom. The SMILES string of the molecule is CCOc1ccc(NC(=O)[C@H]2CCOC2)cc1S(=O)(=O)N(C)C. The molecule has 1 aromatic rings. The highest BCUT2D eigenvalue weighted by molar-refractivity contribution is 7.89. The van der Waals surface area contributed by atoms with Crippen LogP contribution < -0.4 is 10.1 Å². The second-order valence-electron chi connectivity index (χ2n) is 5.43. The Balaban J connectivity index is 2.30. The van der Waals surface area contributed by atoms with Crippen molar-refractivity contribution in [1.29, 1.82) is 0 Å². The van der Waals surface area contributed by atoms with Crippen LogP contribution in [0, 0.1) is 5.92 Å². The van der Waals surface area contributed by atoms with Gasteiger partial charge in [0.05, 0.1) is 19.1 Å². The third kappa shape index (κ3) is 4.01. The normalized spacial score (nSPS) is 18.2. The van der Waals surface area contributed by atoms with Crippen LogP contribution in [0.1, 0.15) is 13.3 Å². The minimum Gasteiger partial charge on any atom is -0.492 e. The standard InChI is InChI=1S/C15H22N2O5S/c1-4-22-13-6-5-12(9-14(13)23(19,20)17(2)3)16-15(18)11-7-8-21-10-11/h5-6,9,11H,4,7-8,10H2,1-3H3,(H,16,18)/t11-/m0/s1. The van der Waals surface area contributed by atoms with Crippen molar-refractivity contribution in [3.63, 3.8) is 0 Å². The number of sulfonamides is 1. The van der Waals surface area contributed by atoms with Crippen molar-refractivity contribution in [3.05, 3.63) is 18.2 Å². The molecule has 0 unspecified atom stereocenters. The molecule has 0 aromatic heterocycles. The molecule has 23 heavy (non-hydrogen) atoms. The number of carbonyl (C=O) groups is 1. The van der Waals surface area contributed by atoms with Gasteiger partial charge >= 0.3 is 0 Å². The van der Waals surface area contributed by atoms with E-state index in [0.717, 1.165) is 4.31 Å². The van der Waals surface area contributed by atoms with E-state index >= 15 is 0 Å². The molecular weight excluding hydrogens is 320 g/mol. The van der Waals surface area contributed by atoms with Crippen molar-refractivity contribution in [2.24, 2.45) is 5.92 Å². The van der Waals surface area contributed by atoms with Crippen LogP contribution in [0.2, 0.25) is 0 Å². The van der Waals surface area contributed by atoms with Crippen molar-refractivity contribution in [1.82, 2.24) is 4.31 Å². The van der Waals surface area contributed by atoms with Crippen molar-refractivity contribution in [2.45, 2.75) is 18.2 Å². The summed E-state index contributed by atoms with van der Waals surface area (Å²) >= 11 is 0. The first-order chi connectivity index (χ1) is 10.9. The second kappa shape index (κ2) is 7.29. The number of ether oxygens (including phenoxy) is 2. The molecule has 0 saturated carbocycles. The minimum atomic E-state index is -3.67. The highest BCUT2D eigenvalue weighted by Crippen LogP contribution is 2.29. The summed E-state index contributed by atoms with van der Waals surface area (Å²) in [5, 5.41) is 2.75. The van der Waals surface area contributed by atoms with Gasteiger partial charge in [-0.25, -0.2) is 12.7 Å². The van der Waals surface area contributed by atoms with Crippen LogP contribution in [0.25, 0.3) is 0 Å². The zero-order valence-electron chi connectivity index (χ0n) is 13.5. The maximum Gasteiger partial charge on any atom is 0.246 e. The molecule has 0 spiro atoms. The molecule has 0 aliphatic carbocycles. The number of hydrogen-bond acceptors (Lipinski definition) is 5. The lowest BCUT2D eigenvalue weighted by Gasteiger charge is -2.17. The lowest BCUT2D eigenvalue weighted by molar-refractivity contribution is -0.119. The molecule has 8 heteroatoms. The van der Waals surface area contributed by atoms with E-state index in [0.29, 0.717) is 31.9 Å². The fourth-order valence-electron chi connectivity index (χ4n) is 2.24. The first-order valence-corrected chi connectivity index (χ1v) is 8.88. The number of nitrogens with zero attached hydrogens (tertiary/aromatic N) is 1. The van der Waals surface area contributed by atoms with Crippen LogP contribution >= 0.6 is 0 Å². The number of nitrogens with one attached hydrogen (secondary N) is 1. The largest absolute Gasteiger partial charge is 0.492 e. The van der Waals surface area contributed by atoms with Crippen LogP contribution in [0.5, 0.6) is 5.75 Å². The zero-order chi connectivity index (χ0) is 17.0. The Morgan fingerprint density at radius 2 is 2.17 bits per heavy atom. The summed E-state index contributed by atoms with van der Waals surface area (Å²) in [6.45, 7) is 3.09. The number of carbonyl (C=O) groups excluding carboxylic acids is 1. The highest BCUT2D eigenvalue weighted by Gasteiger charge is 2.26. The van der Waals surface area contributed by atoms with E-state index in [1.165, 1.54) is 20.2 Å². The molecule has 1 aliphatic rings. The molecule has 0 radical (unpaired) electrons. The predicted molar refractivity (Wildman–Crippen MR) is 86.0 cm³/mol. The van der Waals surface area contributed by atoms with Gasteiger partial charge in [-0.3, -0.25) is 4.79 Å². The number of rotatable bonds is 6. The van der Waals surface area contributed by atoms with Gasteiger partial charge in [-0.2, -0.15) is 0 Å². The molecule has 0 bridgehead atoms. The summed E-state index contributed by atoms with van der Waals surface area (Å²) in [6, 6.07) is 4.61. The van der Waals surface area contributed by atoms with E-state index in [1.54, 1.807) is 19.1 Å². The summed E-state index contributed by atoms with van der Waals surface area (Å²) in [4.78, 5) is 12.2. The van der Waals surface area contributed by atoms with Gasteiger partial charge in [-0.15, -0.1) is 0 Å². The Labute approximate surface area is 136 Å². The van der Waals surface area contributed by atoms with E-state index in [2.05, 4.69) is 5.32 Å². The van der Waals surface area contributed by atoms with Gasteiger partial charge in [0, 0.05) is 26.4 Å². The molecule has 1 aromatic carbocycles. The van der Waals surface area contributed by atoms with Crippen LogP contribution in [-0.2, 0) is 19.6 Å². The number of hydrogen-bond donors (Lipinski definition) is 1. The minimum absolute atomic E-state index is 0.0322. The molecule has 2 rings (SSSR count). The maximum absolute atomic E-state index is 12.4. The Kier molecular flexibility index (Phi) is 5.61. The molecule has 1 N–H and O–H groups in total. The Morgan fingerprint density at radius 3 is 2.74 bits per heavy atom. The molecule has 1 saturated heterocycles. The van der Waals surface area contributed by atoms with Gasteiger partial charge in [0.25, 0.3) is 0 Å². The average molecular weight is 342 g/mol. The fourth-order valence-corrected chi connectivity index (χ4v) is 3.29. The predicted octanol–water partition coefficient (Wildman–Crippen LogP) is 1.31. The quantitative estimate of drug-likeness (QED) is 0.842. The first-order valence-electron chi connectivity index (χ1n) is 7.44. The molecule has 1 fully saturated rings. The molecule has 1 aliphatic heterocycles. The molecule has 1 atom stereocenters. The molecule has 1 heterocycles. The molecule has 128 valence electrons. The van der Waals surface area contributed by atoms with Gasteiger partial charge < -0.3 is 14.8 Å². The number of benzene rings is 1. The van der Waals surface area contributed by atoms with Gasteiger partial charge in [0.2, 0.25) is 15.9 Å². The van der Waals surface area contributed by atoms with Crippen LogP contribution in [0.4, 0.5) is 5.69 Å². The number of amides is 1. The smallest absolute Gasteiger partial charge is 0.246 e. The molecule has 1 amide bonds. The monoisotopic (exact) mass is 342 g/mol. The maximum atomic E-state index is 12.4. The van der Waals surface area contributed by atoms with Gasteiger partial charge in [0.15, 0.2) is 0 Å². The first kappa shape index (κ1) is 17.7. The fraction of sp³-hybridized carbons (Fsp3) is 0.533. The summed E-state index contributed by atoms with van der Waals surface area (Å²) in [5.74, 6) is -0.0984. The number of anilines is 1. The topological polar surface area (TPSA) is 84.9 Å². The van der Waals surface area contributed by atoms with Crippen molar-refractivity contribution in [2.75, 3.05) is 39.2 Å². The third-order valence-corrected chi connectivity index (χ3v) is 5.41. The average Bonchev–Trinajstić information content (AvgIpc) is 3.03. The van der Waals surface area contributed by atoms with Crippen LogP contribution in [-0.4, -0.2) is 52.5 Å². The van der Waals surface area contributed by atoms with Gasteiger partial charge in [0.1, 0.15) is 10.6 Å². The molecular formula is C15H22N2O5S. The van der Waals surface area contributed by atoms with Crippen molar-refractivity contribution in [3.8, 4) is 5.75 Å². The lowest BCUT2D eigenvalue weighted by Crippen LogP contribution is -2.25. The van der Waals surface area contributed by atoms with E-state index in [1.807, 2.05) is 0 Å². The second-order valence-corrected chi connectivity index (χ2v) is 7.55. The lowest BCUT2D eigenvalue weighted by atomic mass is 10.1. The molecule has 7 nitrogen and oxygen atoms in total. The zero-order valence-corrected chi connectivity index (χ0v) is 14.4. The van der Waals surface area contributed by atoms with E-state index < -0.39 is 10.0 Å². The van der Waals surface area contributed by atoms with Crippen LogP contribution in [0.3, 0.4) is 0 Å². The summed E-state index contributed by atoms with van der Waals surface area (Å²) in [5.41, 5.74) is 0.422. The Hall–Kier alpha value is -1.64. The highest BCUT2D eigenvalue weighted by atomic mass is 32.2. The van der Waals surface area contributed by atoms with Gasteiger partial charge in [-0.05, 0) is 31.5 Å². The van der Waals surface area contributed by atoms with E-state index in [9.17, 15) is 13.2 Å². The summed E-state index contributed by atoms with van der Waals surface area (Å²) < 4.78 is 36.6. The van der Waals surface area contributed by atoms with E-state index in [4.69, 9.17) is 9.47 Å². The van der Waals surface area contributed by atoms with Crippen molar-refractivity contribution >= 4 is 21.6 Å². The summed E-state index contributed by atoms with van der Waals surface area (Å²) in [6.07, 6.45) is 0.672.